The molecule has 1 saturated heterocycles. The summed E-state index contributed by atoms with van der Waals surface area (Å²) in [5, 5.41) is 3.42. The zero-order valence-electron chi connectivity index (χ0n) is 15.0. The minimum Gasteiger partial charge on any atom is -0.352 e. The number of rotatable bonds is 7. The Balaban J connectivity index is 1.71. The molecular formula is C19H24ClF3N2O2. The largest absolute Gasteiger partial charge is 0.389 e. The number of carbonyl (C=O) groups excluding carboxylic acids is 2. The third-order valence-corrected chi connectivity index (χ3v) is 5.08. The van der Waals surface area contributed by atoms with Gasteiger partial charge in [-0.3, -0.25) is 9.59 Å². The summed E-state index contributed by atoms with van der Waals surface area (Å²) >= 11 is 6.05. The molecule has 1 aliphatic rings. The molecule has 2 amide bonds. The molecule has 0 spiro atoms. The number of piperidine rings is 1. The van der Waals surface area contributed by atoms with E-state index >= 15 is 0 Å². The Labute approximate surface area is 162 Å². The van der Waals surface area contributed by atoms with Gasteiger partial charge in [0.1, 0.15) is 0 Å². The van der Waals surface area contributed by atoms with Crippen molar-refractivity contribution in [3.05, 3.63) is 34.9 Å². The van der Waals surface area contributed by atoms with Crippen LogP contribution in [-0.2, 0) is 16.1 Å². The first kappa shape index (κ1) is 21.5. The maximum absolute atomic E-state index is 12.3. The maximum Gasteiger partial charge on any atom is 0.389 e. The third kappa shape index (κ3) is 7.79. The average Bonchev–Trinajstić information content (AvgIpc) is 2.63. The Morgan fingerprint density at radius 2 is 1.96 bits per heavy atom. The highest BCUT2D eigenvalue weighted by Gasteiger charge is 2.30. The van der Waals surface area contributed by atoms with Gasteiger partial charge in [0.15, 0.2) is 0 Å². The monoisotopic (exact) mass is 404 g/mol. The van der Waals surface area contributed by atoms with E-state index in [4.69, 9.17) is 11.6 Å². The Kier molecular flexibility index (Phi) is 7.95. The van der Waals surface area contributed by atoms with Gasteiger partial charge in [-0.25, -0.2) is 0 Å². The second kappa shape index (κ2) is 9.97. The fourth-order valence-electron chi connectivity index (χ4n) is 3.19. The Hall–Kier alpha value is -1.76. The van der Waals surface area contributed by atoms with Crippen molar-refractivity contribution in [2.45, 2.75) is 51.2 Å². The molecular weight excluding hydrogens is 381 g/mol. The van der Waals surface area contributed by atoms with E-state index < -0.39 is 24.9 Å². The van der Waals surface area contributed by atoms with Crippen LogP contribution in [0.15, 0.2) is 24.3 Å². The van der Waals surface area contributed by atoms with Crippen LogP contribution in [0.2, 0.25) is 5.02 Å². The van der Waals surface area contributed by atoms with Crippen LogP contribution in [0.4, 0.5) is 13.2 Å². The molecule has 0 radical (unpaired) electrons. The summed E-state index contributed by atoms with van der Waals surface area (Å²) in [6, 6.07) is 7.27. The predicted molar refractivity (Wildman–Crippen MR) is 97.1 cm³/mol. The van der Waals surface area contributed by atoms with Crippen molar-refractivity contribution in [3.8, 4) is 0 Å². The first-order valence-corrected chi connectivity index (χ1v) is 9.47. The van der Waals surface area contributed by atoms with Gasteiger partial charge in [0, 0.05) is 37.5 Å². The molecule has 1 atom stereocenters. The molecule has 1 heterocycles. The van der Waals surface area contributed by atoms with Crippen molar-refractivity contribution in [2.75, 3.05) is 13.1 Å². The number of alkyl halides is 3. The molecule has 1 aromatic rings. The van der Waals surface area contributed by atoms with E-state index in [1.807, 2.05) is 18.2 Å². The number of carbonyl (C=O) groups is 2. The molecule has 0 unspecified atom stereocenters. The quantitative estimate of drug-likeness (QED) is 0.735. The van der Waals surface area contributed by atoms with Crippen LogP contribution >= 0.6 is 11.6 Å². The predicted octanol–water partition coefficient (Wildman–Crippen LogP) is 4.32. The van der Waals surface area contributed by atoms with Gasteiger partial charge in [-0.1, -0.05) is 29.8 Å². The van der Waals surface area contributed by atoms with Crippen molar-refractivity contribution in [1.82, 2.24) is 10.2 Å². The van der Waals surface area contributed by atoms with Crippen molar-refractivity contribution in [2.24, 2.45) is 5.92 Å². The molecule has 0 bridgehead atoms. The number of hydrogen-bond acceptors (Lipinski definition) is 2. The van der Waals surface area contributed by atoms with E-state index in [0.717, 1.165) is 18.4 Å². The van der Waals surface area contributed by atoms with E-state index in [-0.39, 0.29) is 11.8 Å². The summed E-state index contributed by atoms with van der Waals surface area (Å²) in [6.45, 7) is 1.27. The summed E-state index contributed by atoms with van der Waals surface area (Å²) in [4.78, 5) is 25.5. The minimum absolute atomic E-state index is 0.101. The highest BCUT2D eigenvalue weighted by Crippen LogP contribution is 2.25. The molecule has 1 N–H and O–H groups in total. The first-order chi connectivity index (χ1) is 12.7. The molecule has 2 rings (SSSR count). The van der Waals surface area contributed by atoms with E-state index in [0.29, 0.717) is 37.5 Å². The van der Waals surface area contributed by atoms with Crippen molar-refractivity contribution in [1.29, 1.82) is 0 Å². The molecule has 150 valence electrons. The lowest BCUT2D eigenvalue weighted by Crippen LogP contribution is -2.40. The summed E-state index contributed by atoms with van der Waals surface area (Å²) in [5.41, 5.74) is 0.839. The minimum atomic E-state index is -4.31. The van der Waals surface area contributed by atoms with Gasteiger partial charge in [-0.2, -0.15) is 13.2 Å². The maximum atomic E-state index is 12.3. The smallest absolute Gasteiger partial charge is 0.352 e. The van der Waals surface area contributed by atoms with E-state index in [1.165, 1.54) is 4.90 Å². The van der Waals surface area contributed by atoms with Gasteiger partial charge < -0.3 is 10.2 Å². The van der Waals surface area contributed by atoms with Crippen molar-refractivity contribution < 1.29 is 22.8 Å². The lowest BCUT2D eigenvalue weighted by molar-refractivity contribution is -0.150. The van der Waals surface area contributed by atoms with Crippen molar-refractivity contribution >= 4 is 23.4 Å². The number of hydrogen-bond donors (Lipinski definition) is 1. The second-order valence-electron chi connectivity index (χ2n) is 6.87. The first-order valence-electron chi connectivity index (χ1n) is 9.09. The Morgan fingerprint density at radius 3 is 2.67 bits per heavy atom. The lowest BCUT2D eigenvalue weighted by atomic mass is 9.93. The molecule has 1 aliphatic heterocycles. The number of likely N-dealkylation sites (tertiary alicyclic amines) is 1. The molecule has 1 fully saturated rings. The van der Waals surface area contributed by atoms with Crippen LogP contribution in [0.25, 0.3) is 0 Å². The number of benzene rings is 1. The molecule has 0 aromatic heterocycles. The van der Waals surface area contributed by atoms with Crippen LogP contribution in [0.1, 0.15) is 44.1 Å². The van der Waals surface area contributed by atoms with E-state index in [2.05, 4.69) is 5.32 Å². The zero-order valence-corrected chi connectivity index (χ0v) is 15.8. The van der Waals surface area contributed by atoms with Crippen LogP contribution in [-0.4, -0.2) is 36.0 Å². The summed E-state index contributed by atoms with van der Waals surface area (Å²) in [7, 11) is 0. The fraction of sp³-hybridized carbons (Fsp3) is 0.579. The van der Waals surface area contributed by atoms with Gasteiger partial charge in [-0.15, -0.1) is 0 Å². The van der Waals surface area contributed by atoms with Crippen LogP contribution in [0, 0.1) is 5.92 Å². The molecule has 0 aliphatic carbocycles. The number of nitrogens with one attached hydrogen (secondary N) is 1. The Morgan fingerprint density at radius 1 is 1.22 bits per heavy atom. The second-order valence-corrected chi connectivity index (χ2v) is 7.28. The fourth-order valence-corrected chi connectivity index (χ4v) is 3.40. The SMILES string of the molecule is O=C(CC[C@@H]1CCCN(C(=O)CCC(F)(F)F)C1)NCc1ccccc1Cl. The summed E-state index contributed by atoms with van der Waals surface area (Å²) in [6.07, 6.45) is -3.35. The number of amides is 2. The average molecular weight is 405 g/mol. The van der Waals surface area contributed by atoms with E-state index in [9.17, 15) is 22.8 Å². The van der Waals surface area contributed by atoms with Gasteiger partial charge >= 0.3 is 6.18 Å². The van der Waals surface area contributed by atoms with Crippen molar-refractivity contribution in [3.63, 3.8) is 0 Å². The molecule has 8 heteroatoms. The lowest BCUT2D eigenvalue weighted by Gasteiger charge is -2.33. The van der Waals surface area contributed by atoms with Gasteiger partial charge in [-0.05, 0) is 36.8 Å². The summed E-state index contributed by atoms with van der Waals surface area (Å²) < 4.78 is 36.8. The molecule has 0 saturated carbocycles. The highest BCUT2D eigenvalue weighted by molar-refractivity contribution is 6.31. The number of halogens is 4. The molecule has 1 aromatic carbocycles. The van der Waals surface area contributed by atoms with Gasteiger partial charge in [0.25, 0.3) is 0 Å². The van der Waals surface area contributed by atoms with Crippen LogP contribution in [0.5, 0.6) is 0 Å². The highest BCUT2D eigenvalue weighted by atomic mass is 35.5. The normalized spacial score (nSPS) is 17.6. The summed E-state index contributed by atoms with van der Waals surface area (Å²) in [5.74, 6) is -0.421. The number of nitrogens with zero attached hydrogens (tertiary/aromatic N) is 1. The van der Waals surface area contributed by atoms with E-state index in [1.54, 1.807) is 6.07 Å². The standard InChI is InChI=1S/C19H24ClF3N2O2/c20-16-6-2-1-5-15(16)12-24-17(26)8-7-14-4-3-11-25(13-14)18(27)9-10-19(21,22)23/h1-2,5-6,14H,3-4,7-13H2,(H,24,26)/t14-/m0/s1. The molecule has 27 heavy (non-hydrogen) atoms. The van der Waals surface area contributed by atoms with Crippen LogP contribution < -0.4 is 5.32 Å². The third-order valence-electron chi connectivity index (χ3n) is 4.71. The Bertz CT molecular complexity index is 652. The molecule has 4 nitrogen and oxygen atoms in total. The van der Waals surface area contributed by atoms with Gasteiger partial charge in [0.05, 0.1) is 6.42 Å². The topological polar surface area (TPSA) is 49.4 Å². The zero-order chi connectivity index (χ0) is 19.9. The van der Waals surface area contributed by atoms with Crippen LogP contribution in [0.3, 0.4) is 0 Å². The van der Waals surface area contributed by atoms with Gasteiger partial charge in [0.2, 0.25) is 11.8 Å².